The van der Waals surface area contributed by atoms with Crippen molar-refractivity contribution in [3.63, 3.8) is 0 Å². The van der Waals surface area contributed by atoms with Gasteiger partial charge in [-0.3, -0.25) is 14.0 Å². The molecule has 0 saturated heterocycles. The summed E-state index contributed by atoms with van der Waals surface area (Å²) < 4.78 is 3.14. The Hall–Kier alpha value is -3.00. The number of aromatic nitrogens is 4. The fourth-order valence-corrected chi connectivity index (χ4v) is 3.57. The summed E-state index contributed by atoms with van der Waals surface area (Å²) in [7, 11) is 0. The Balaban J connectivity index is 1.50. The Labute approximate surface area is 146 Å². The lowest BCUT2D eigenvalue weighted by atomic mass is 10.2. The molecule has 0 aliphatic rings. The van der Waals surface area contributed by atoms with Crippen molar-refractivity contribution in [3.05, 3.63) is 63.8 Å². The van der Waals surface area contributed by atoms with E-state index in [1.54, 1.807) is 16.7 Å². The van der Waals surface area contributed by atoms with Crippen LogP contribution in [0.2, 0.25) is 0 Å². The van der Waals surface area contributed by atoms with Gasteiger partial charge in [-0.2, -0.15) is 5.10 Å². The Morgan fingerprint density at radius 1 is 1.32 bits per heavy atom. The number of fused-ring (bicyclic) bond motifs is 2. The monoisotopic (exact) mass is 353 g/mol. The van der Waals surface area contributed by atoms with Crippen LogP contribution in [0.5, 0.6) is 0 Å². The zero-order valence-electron chi connectivity index (χ0n) is 13.5. The lowest BCUT2D eigenvalue weighted by molar-refractivity contribution is 0.0945. The van der Waals surface area contributed by atoms with Crippen LogP contribution in [-0.4, -0.2) is 31.6 Å². The zero-order valence-corrected chi connectivity index (χ0v) is 14.3. The molecule has 0 spiro atoms. The van der Waals surface area contributed by atoms with Gasteiger partial charge in [0.05, 0.1) is 23.8 Å². The first-order chi connectivity index (χ1) is 12.1. The van der Waals surface area contributed by atoms with Crippen LogP contribution in [0.1, 0.15) is 16.2 Å². The first-order valence-corrected chi connectivity index (χ1v) is 8.68. The quantitative estimate of drug-likeness (QED) is 0.607. The smallest absolute Gasteiger partial charge is 0.274 e. The van der Waals surface area contributed by atoms with E-state index in [0.717, 1.165) is 10.3 Å². The standard InChI is InChI=1S/C17H15N5O2S/c1-11-14(21-8-9-25-17(21)20-11)15(23)18-6-7-22-16(24)13-5-3-2-4-12(13)10-19-22/h2-5,8-10H,6-7H2,1H3,(H,18,23). The number of carbonyl (C=O) groups is 1. The summed E-state index contributed by atoms with van der Waals surface area (Å²) in [5, 5.41) is 10.3. The van der Waals surface area contributed by atoms with Crippen LogP contribution in [0.25, 0.3) is 15.7 Å². The number of hydrogen-bond donors (Lipinski definition) is 1. The van der Waals surface area contributed by atoms with Gasteiger partial charge in [-0.05, 0) is 13.0 Å². The largest absolute Gasteiger partial charge is 0.349 e. The highest BCUT2D eigenvalue weighted by molar-refractivity contribution is 7.15. The molecule has 0 saturated carbocycles. The predicted molar refractivity (Wildman–Crippen MR) is 96.1 cm³/mol. The number of aryl methyl sites for hydroxylation is 1. The first-order valence-electron chi connectivity index (χ1n) is 7.80. The Morgan fingerprint density at radius 3 is 3.04 bits per heavy atom. The van der Waals surface area contributed by atoms with Gasteiger partial charge in [0.1, 0.15) is 5.69 Å². The second-order valence-electron chi connectivity index (χ2n) is 5.62. The van der Waals surface area contributed by atoms with Gasteiger partial charge in [0.2, 0.25) is 0 Å². The average molecular weight is 353 g/mol. The summed E-state index contributed by atoms with van der Waals surface area (Å²) in [4.78, 5) is 30.0. The van der Waals surface area contributed by atoms with E-state index >= 15 is 0 Å². The van der Waals surface area contributed by atoms with E-state index in [0.29, 0.717) is 29.9 Å². The van der Waals surface area contributed by atoms with Crippen molar-refractivity contribution in [1.29, 1.82) is 0 Å². The van der Waals surface area contributed by atoms with E-state index in [2.05, 4.69) is 15.4 Å². The molecule has 8 heteroatoms. The molecule has 0 bridgehead atoms. The van der Waals surface area contributed by atoms with E-state index in [-0.39, 0.29) is 11.5 Å². The van der Waals surface area contributed by atoms with E-state index in [1.807, 2.05) is 36.7 Å². The fourth-order valence-electron chi connectivity index (χ4n) is 2.81. The molecular formula is C17H15N5O2S. The Morgan fingerprint density at radius 2 is 2.16 bits per heavy atom. The van der Waals surface area contributed by atoms with Crippen LogP contribution in [0.15, 0.2) is 46.8 Å². The van der Waals surface area contributed by atoms with E-state index in [1.165, 1.54) is 16.0 Å². The maximum Gasteiger partial charge on any atom is 0.274 e. The molecule has 3 heterocycles. The highest BCUT2D eigenvalue weighted by Gasteiger charge is 2.16. The van der Waals surface area contributed by atoms with Crippen LogP contribution >= 0.6 is 11.3 Å². The van der Waals surface area contributed by atoms with Gasteiger partial charge in [-0.25, -0.2) is 9.67 Å². The second-order valence-corrected chi connectivity index (χ2v) is 6.49. The molecule has 0 aliphatic carbocycles. The minimum atomic E-state index is -0.211. The van der Waals surface area contributed by atoms with Crippen molar-refractivity contribution in [2.24, 2.45) is 0 Å². The predicted octanol–water partition coefficient (Wildman–Crippen LogP) is 1.84. The SMILES string of the molecule is Cc1nc2sccn2c1C(=O)NCCn1ncc2ccccc2c1=O. The number of benzene rings is 1. The van der Waals surface area contributed by atoms with Crippen LogP contribution in [0.4, 0.5) is 0 Å². The summed E-state index contributed by atoms with van der Waals surface area (Å²) in [5.74, 6) is -0.211. The van der Waals surface area contributed by atoms with Crippen LogP contribution in [0.3, 0.4) is 0 Å². The summed E-state index contributed by atoms with van der Waals surface area (Å²) in [5.41, 5.74) is 1.05. The number of carbonyl (C=O) groups excluding carboxylic acids is 1. The van der Waals surface area contributed by atoms with Gasteiger partial charge in [-0.15, -0.1) is 11.3 Å². The van der Waals surface area contributed by atoms with Crippen molar-refractivity contribution < 1.29 is 4.79 Å². The number of rotatable bonds is 4. The van der Waals surface area contributed by atoms with Gasteiger partial charge in [0, 0.05) is 23.5 Å². The maximum atomic E-state index is 12.5. The fraction of sp³-hybridized carbons (Fsp3) is 0.176. The molecule has 1 N–H and O–H groups in total. The average Bonchev–Trinajstić information content (AvgIpc) is 3.17. The highest BCUT2D eigenvalue weighted by atomic mass is 32.1. The Bertz CT molecular complexity index is 1140. The molecule has 4 rings (SSSR count). The highest BCUT2D eigenvalue weighted by Crippen LogP contribution is 2.16. The number of nitrogens with one attached hydrogen (secondary N) is 1. The van der Waals surface area contributed by atoms with Crippen LogP contribution in [0, 0.1) is 6.92 Å². The number of amides is 1. The molecule has 0 radical (unpaired) electrons. The van der Waals surface area contributed by atoms with Crippen LogP contribution < -0.4 is 10.9 Å². The van der Waals surface area contributed by atoms with Crippen molar-refractivity contribution in [1.82, 2.24) is 24.5 Å². The van der Waals surface area contributed by atoms with Gasteiger partial charge in [-0.1, -0.05) is 18.2 Å². The summed E-state index contributed by atoms with van der Waals surface area (Å²) in [6, 6.07) is 7.32. The molecule has 25 heavy (non-hydrogen) atoms. The van der Waals surface area contributed by atoms with Crippen molar-refractivity contribution in [2.45, 2.75) is 13.5 Å². The lowest BCUT2D eigenvalue weighted by Crippen LogP contribution is -2.32. The summed E-state index contributed by atoms with van der Waals surface area (Å²) >= 11 is 1.48. The third kappa shape index (κ3) is 2.70. The first kappa shape index (κ1) is 15.5. The van der Waals surface area contributed by atoms with Gasteiger partial charge < -0.3 is 5.32 Å². The minimum absolute atomic E-state index is 0.159. The lowest BCUT2D eigenvalue weighted by Gasteiger charge is -2.08. The minimum Gasteiger partial charge on any atom is -0.349 e. The van der Waals surface area contributed by atoms with Crippen LogP contribution in [-0.2, 0) is 6.54 Å². The van der Waals surface area contributed by atoms with Gasteiger partial charge in [0.25, 0.3) is 11.5 Å². The molecule has 3 aromatic heterocycles. The molecule has 7 nitrogen and oxygen atoms in total. The summed E-state index contributed by atoms with van der Waals surface area (Å²) in [6.45, 7) is 2.42. The second kappa shape index (κ2) is 6.14. The topological polar surface area (TPSA) is 81.3 Å². The Kier molecular flexibility index (Phi) is 3.81. The van der Waals surface area contributed by atoms with Crippen molar-refractivity contribution >= 4 is 33.0 Å². The van der Waals surface area contributed by atoms with Crippen molar-refractivity contribution in [3.8, 4) is 0 Å². The molecule has 4 aromatic rings. The normalized spacial score (nSPS) is 11.2. The number of nitrogens with zero attached hydrogens (tertiary/aromatic N) is 4. The molecule has 126 valence electrons. The van der Waals surface area contributed by atoms with Crippen molar-refractivity contribution in [2.75, 3.05) is 6.54 Å². The van der Waals surface area contributed by atoms with E-state index in [9.17, 15) is 9.59 Å². The van der Waals surface area contributed by atoms with Gasteiger partial charge in [0.15, 0.2) is 4.96 Å². The molecule has 0 fully saturated rings. The van der Waals surface area contributed by atoms with E-state index in [4.69, 9.17) is 0 Å². The molecular weight excluding hydrogens is 338 g/mol. The number of hydrogen-bond acceptors (Lipinski definition) is 5. The number of thiazole rings is 1. The zero-order chi connectivity index (χ0) is 17.4. The molecule has 0 unspecified atom stereocenters. The number of imidazole rings is 1. The maximum absolute atomic E-state index is 12.5. The third-order valence-electron chi connectivity index (χ3n) is 4.02. The molecule has 0 atom stereocenters. The third-order valence-corrected chi connectivity index (χ3v) is 4.78. The molecule has 0 aliphatic heterocycles. The molecule has 1 aromatic carbocycles. The van der Waals surface area contributed by atoms with E-state index < -0.39 is 0 Å². The molecule has 1 amide bonds. The van der Waals surface area contributed by atoms with Gasteiger partial charge >= 0.3 is 0 Å². The summed E-state index contributed by atoms with van der Waals surface area (Å²) in [6.07, 6.45) is 3.48.